The van der Waals surface area contributed by atoms with Crippen molar-refractivity contribution in [1.29, 1.82) is 0 Å². The number of carboxylic acid groups (broad SMARTS) is 1. The van der Waals surface area contributed by atoms with Crippen LogP contribution in [0, 0.1) is 11.8 Å². The van der Waals surface area contributed by atoms with Crippen LogP contribution in [0.1, 0.15) is 53.4 Å². The Labute approximate surface area is 98.6 Å². The molecule has 0 heterocycles. The first kappa shape index (κ1) is 13.5. The third-order valence-corrected chi connectivity index (χ3v) is 3.98. The van der Waals surface area contributed by atoms with E-state index in [0.717, 1.165) is 19.3 Å². The highest BCUT2D eigenvalue weighted by Gasteiger charge is 2.44. The molecule has 0 spiro atoms. The van der Waals surface area contributed by atoms with E-state index in [4.69, 9.17) is 0 Å². The first-order chi connectivity index (χ1) is 7.45. The molecule has 0 amide bonds. The molecule has 0 radical (unpaired) electrons. The maximum Gasteiger partial charge on any atom is 0.323 e. The van der Waals surface area contributed by atoms with Gasteiger partial charge in [-0.3, -0.25) is 10.1 Å². The van der Waals surface area contributed by atoms with Crippen molar-refractivity contribution in [3.05, 3.63) is 0 Å². The molecule has 0 aliphatic heterocycles. The Bertz CT molecular complexity index is 246. The van der Waals surface area contributed by atoms with Gasteiger partial charge < -0.3 is 5.11 Å². The maximum absolute atomic E-state index is 11.5. The number of hydrogen-bond donors (Lipinski definition) is 2. The monoisotopic (exact) mass is 227 g/mol. The largest absolute Gasteiger partial charge is 0.480 e. The molecule has 94 valence electrons. The summed E-state index contributed by atoms with van der Waals surface area (Å²) < 4.78 is 0. The van der Waals surface area contributed by atoms with Crippen LogP contribution < -0.4 is 5.32 Å². The second-order valence-corrected chi connectivity index (χ2v) is 5.42. The Hall–Kier alpha value is -0.570. The summed E-state index contributed by atoms with van der Waals surface area (Å²) in [7, 11) is 0. The van der Waals surface area contributed by atoms with Gasteiger partial charge in [0.2, 0.25) is 0 Å². The number of nitrogens with one attached hydrogen (secondary N) is 1. The van der Waals surface area contributed by atoms with Crippen LogP contribution in [0.4, 0.5) is 0 Å². The van der Waals surface area contributed by atoms with Crippen molar-refractivity contribution in [3.63, 3.8) is 0 Å². The average Bonchev–Trinajstić information content (AvgIpc) is 2.92. The molecule has 16 heavy (non-hydrogen) atoms. The molecule has 3 nitrogen and oxygen atoms in total. The van der Waals surface area contributed by atoms with Crippen molar-refractivity contribution >= 4 is 5.97 Å². The molecule has 0 aromatic rings. The second kappa shape index (κ2) is 5.17. The summed E-state index contributed by atoms with van der Waals surface area (Å²) >= 11 is 0. The normalized spacial score (nSPS) is 29.5. The van der Waals surface area contributed by atoms with Gasteiger partial charge in [-0.05, 0) is 31.1 Å². The minimum absolute atomic E-state index is 0.417. The molecular formula is C13H25NO2. The lowest BCUT2D eigenvalue weighted by atomic mass is 9.84. The highest BCUT2D eigenvalue weighted by molar-refractivity contribution is 5.78. The van der Waals surface area contributed by atoms with Crippen LogP contribution in [-0.2, 0) is 4.79 Å². The summed E-state index contributed by atoms with van der Waals surface area (Å²) in [5.41, 5.74) is -0.704. The Morgan fingerprint density at radius 1 is 1.56 bits per heavy atom. The quantitative estimate of drug-likeness (QED) is 0.703. The van der Waals surface area contributed by atoms with Gasteiger partial charge in [0.05, 0.1) is 0 Å². The molecular weight excluding hydrogens is 202 g/mol. The second-order valence-electron chi connectivity index (χ2n) is 5.42. The highest BCUT2D eigenvalue weighted by Crippen LogP contribution is 2.34. The van der Waals surface area contributed by atoms with Crippen molar-refractivity contribution in [2.24, 2.45) is 11.8 Å². The Morgan fingerprint density at radius 3 is 2.44 bits per heavy atom. The van der Waals surface area contributed by atoms with Gasteiger partial charge in [0.15, 0.2) is 0 Å². The molecule has 1 saturated carbocycles. The van der Waals surface area contributed by atoms with E-state index >= 15 is 0 Å². The minimum atomic E-state index is -0.704. The molecule has 1 aliphatic carbocycles. The molecule has 0 aromatic heterocycles. The summed E-state index contributed by atoms with van der Waals surface area (Å²) in [6.45, 7) is 8.39. The maximum atomic E-state index is 11.5. The van der Waals surface area contributed by atoms with Gasteiger partial charge >= 0.3 is 5.97 Å². The van der Waals surface area contributed by atoms with E-state index in [1.165, 1.54) is 0 Å². The van der Waals surface area contributed by atoms with Gasteiger partial charge in [-0.1, -0.05) is 34.1 Å². The van der Waals surface area contributed by atoms with Crippen molar-refractivity contribution in [1.82, 2.24) is 5.32 Å². The number of carboxylic acids is 1. The van der Waals surface area contributed by atoms with Crippen LogP contribution in [0.15, 0.2) is 0 Å². The molecule has 1 aliphatic rings. The molecule has 0 saturated heterocycles. The Balaban J connectivity index is 2.69. The molecule has 3 heteroatoms. The van der Waals surface area contributed by atoms with E-state index < -0.39 is 11.5 Å². The predicted molar refractivity (Wildman–Crippen MR) is 65.4 cm³/mol. The average molecular weight is 227 g/mol. The fraction of sp³-hybridized carbons (Fsp3) is 0.923. The number of carbonyl (C=O) groups is 1. The number of hydrogen-bond acceptors (Lipinski definition) is 2. The fourth-order valence-corrected chi connectivity index (χ4v) is 2.22. The zero-order chi connectivity index (χ0) is 12.3. The molecule has 4 unspecified atom stereocenters. The summed E-state index contributed by atoms with van der Waals surface area (Å²) in [5, 5.41) is 12.8. The topological polar surface area (TPSA) is 49.3 Å². The lowest BCUT2D eigenvalue weighted by Gasteiger charge is -2.32. The zero-order valence-corrected chi connectivity index (χ0v) is 10.9. The Morgan fingerprint density at radius 2 is 2.12 bits per heavy atom. The lowest BCUT2D eigenvalue weighted by Crippen LogP contribution is -2.54. The predicted octanol–water partition coefficient (Wildman–Crippen LogP) is 2.65. The van der Waals surface area contributed by atoms with Crippen LogP contribution in [0.3, 0.4) is 0 Å². The summed E-state index contributed by atoms with van der Waals surface area (Å²) in [6, 6.07) is 0.417. The number of aliphatic carboxylic acids is 1. The summed E-state index contributed by atoms with van der Waals surface area (Å²) in [6.07, 6.45) is 3.56. The molecule has 1 fully saturated rings. The molecule has 0 bridgehead atoms. The van der Waals surface area contributed by atoms with Gasteiger partial charge in [-0.25, -0.2) is 0 Å². The Kier molecular flexibility index (Phi) is 4.36. The standard InChI is InChI=1S/C13H25NO2/c1-5-9(3)8-13(6-2,12(15)16)14-11-7-10(11)4/h9-11,14H,5-8H2,1-4H3,(H,15,16). The van der Waals surface area contributed by atoms with E-state index in [2.05, 4.69) is 26.1 Å². The summed E-state index contributed by atoms with van der Waals surface area (Å²) in [5.74, 6) is 0.411. The molecule has 2 N–H and O–H groups in total. The summed E-state index contributed by atoms with van der Waals surface area (Å²) in [4.78, 5) is 11.5. The number of rotatable bonds is 7. The van der Waals surface area contributed by atoms with Gasteiger partial charge in [0.25, 0.3) is 0 Å². The van der Waals surface area contributed by atoms with Crippen LogP contribution in [0.5, 0.6) is 0 Å². The van der Waals surface area contributed by atoms with E-state index in [1.807, 2.05) is 6.92 Å². The minimum Gasteiger partial charge on any atom is -0.480 e. The van der Waals surface area contributed by atoms with Crippen molar-refractivity contribution < 1.29 is 9.90 Å². The van der Waals surface area contributed by atoms with E-state index in [0.29, 0.717) is 24.3 Å². The van der Waals surface area contributed by atoms with Gasteiger partial charge in [0, 0.05) is 6.04 Å². The molecule has 4 atom stereocenters. The first-order valence-corrected chi connectivity index (χ1v) is 6.46. The molecule has 0 aromatic carbocycles. The molecule has 1 rings (SSSR count). The lowest BCUT2D eigenvalue weighted by molar-refractivity contribution is -0.146. The van der Waals surface area contributed by atoms with Crippen molar-refractivity contribution in [3.8, 4) is 0 Å². The van der Waals surface area contributed by atoms with Crippen molar-refractivity contribution in [2.45, 2.75) is 65.0 Å². The van der Waals surface area contributed by atoms with Crippen LogP contribution in [0.2, 0.25) is 0 Å². The van der Waals surface area contributed by atoms with E-state index in [1.54, 1.807) is 0 Å². The van der Waals surface area contributed by atoms with Gasteiger partial charge in [-0.15, -0.1) is 0 Å². The SMILES string of the molecule is CCC(C)CC(CC)(NC1CC1C)C(=O)O. The van der Waals surface area contributed by atoms with E-state index in [-0.39, 0.29) is 0 Å². The fourth-order valence-electron chi connectivity index (χ4n) is 2.22. The highest BCUT2D eigenvalue weighted by atomic mass is 16.4. The third kappa shape index (κ3) is 2.97. The van der Waals surface area contributed by atoms with Crippen LogP contribution in [0.25, 0.3) is 0 Å². The third-order valence-electron chi connectivity index (χ3n) is 3.98. The van der Waals surface area contributed by atoms with E-state index in [9.17, 15) is 9.90 Å². The zero-order valence-electron chi connectivity index (χ0n) is 10.9. The first-order valence-electron chi connectivity index (χ1n) is 6.46. The van der Waals surface area contributed by atoms with Crippen LogP contribution in [-0.4, -0.2) is 22.7 Å². The smallest absolute Gasteiger partial charge is 0.323 e. The van der Waals surface area contributed by atoms with Gasteiger partial charge in [0.1, 0.15) is 5.54 Å². The van der Waals surface area contributed by atoms with Gasteiger partial charge in [-0.2, -0.15) is 0 Å². The van der Waals surface area contributed by atoms with Crippen molar-refractivity contribution in [2.75, 3.05) is 0 Å². The van der Waals surface area contributed by atoms with Crippen LogP contribution >= 0.6 is 0 Å².